The van der Waals surface area contributed by atoms with Crippen molar-refractivity contribution in [3.63, 3.8) is 0 Å². The summed E-state index contributed by atoms with van der Waals surface area (Å²) in [6.07, 6.45) is 0.103. The van der Waals surface area contributed by atoms with Crippen LogP contribution in [0.15, 0.2) is 40.9 Å². The van der Waals surface area contributed by atoms with Gasteiger partial charge in [0.1, 0.15) is 5.75 Å². The summed E-state index contributed by atoms with van der Waals surface area (Å²) >= 11 is 15.7. The molecule has 5 heteroatoms. The molecule has 1 N–H and O–H groups in total. The molecule has 0 radical (unpaired) electrons. The summed E-state index contributed by atoms with van der Waals surface area (Å²) in [5.74, 6) is 0.698. The molecular formula is C16H16BrCl2NO. The quantitative estimate of drug-likeness (QED) is 0.662. The van der Waals surface area contributed by atoms with Crippen LogP contribution in [0.3, 0.4) is 0 Å². The van der Waals surface area contributed by atoms with Gasteiger partial charge in [-0.2, -0.15) is 0 Å². The number of hydrogen-bond donors (Lipinski definition) is 1. The van der Waals surface area contributed by atoms with E-state index in [0.29, 0.717) is 22.3 Å². The monoisotopic (exact) mass is 387 g/mol. The number of benzene rings is 2. The number of anilines is 1. The molecule has 0 aromatic heterocycles. The topological polar surface area (TPSA) is 21.3 Å². The van der Waals surface area contributed by atoms with Crippen molar-refractivity contribution < 1.29 is 4.74 Å². The Hall–Kier alpha value is -0.900. The van der Waals surface area contributed by atoms with Crippen LogP contribution in [0.5, 0.6) is 5.75 Å². The van der Waals surface area contributed by atoms with Crippen LogP contribution < -0.4 is 10.1 Å². The van der Waals surface area contributed by atoms with Gasteiger partial charge in [-0.15, -0.1) is 0 Å². The summed E-state index contributed by atoms with van der Waals surface area (Å²) in [6, 6.07) is 11.6. The van der Waals surface area contributed by atoms with Crippen LogP contribution in [0, 0.1) is 0 Å². The third-order valence-electron chi connectivity index (χ3n) is 2.78. The summed E-state index contributed by atoms with van der Waals surface area (Å²) in [5, 5.41) is 4.62. The van der Waals surface area contributed by atoms with Crippen LogP contribution in [0.1, 0.15) is 19.4 Å². The highest BCUT2D eigenvalue weighted by Gasteiger charge is 2.05. The lowest BCUT2D eigenvalue weighted by atomic mass is 10.2. The molecule has 0 unspecified atom stereocenters. The van der Waals surface area contributed by atoms with Crippen molar-refractivity contribution >= 4 is 44.8 Å². The first kappa shape index (κ1) is 16.5. The van der Waals surface area contributed by atoms with Crippen molar-refractivity contribution in [1.82, 2.24) is 0 Å². The van der Waals surface area contributed by atoms with Crippen LogP contribution >= 0.6 is 39.1 Å². The van der Waals surface area contributed by atoms with E-state index in [9.17, 15) is 0 Å². The molecular weight excluding hydrogens is 373 g/mol. The zero-order valence-electron chi connectivity index (χ0n) is 11.8. The van der Waals surface area contributed by atoms with Crippen LogP contribution in [-0.4, -0.2) is 6.10 Å². The van der Waals surface area contributed by atoms with E-state index in [2.05, 4.69) is 21.2 Å². The van der Waals surface area contributed by atoms with Crippen molar-refractivity contribution in [3.05, 3.63) is 56.5 Å². The molecule has 21 heavy (non-hydrogen) atoms. The minimum absolute atomic E-state index is 0.103. The molecule has 0 bridgehead atoms. The van der Waals surface area contributed by atoms with Gasteiger partial charge in [0, 0.05) is 16.7 Å². The maximum absolute atomic E-state index is 6.21. The Bertz CT molecular complexity index is 632. The van der Waals surface area contributed by atoms with Crippen molar-refractivity contribution in [1.29, 1.82) is 0 Å². The van der Waals surface area contributed by atoms with Gasteiger partial charge >= 0.3 is 0 Å². The number of rotatable bonds is 5. The summed E-state index contributed by atoms with van der Waals surface area (Å²) < 4.78 is 6.50. The van der Waals surface area contributed by atoms with E-state index in [1.807, 2.05) is 50.2 Å². The smallest absolute Gasteiger partial charge is 0.138 e. The lowest BCUT2D eigenvalue weighted by molar-refractivity contribution is 0.242. The Kier molecular flexibility index (Phi) is 5.80. The van der Waals surface area contributed by atoms with Gasteiger partial charge in [0.2, 0.25) is 0 Å². The summed E-state index contributed by atoms with van der Waals surface area (Å²) in [7, 11) is 0. The lowest BCUT2D eigenvalue weighted by Crippen LogP contribution is -2.06. The van der Waals surface area contributed by atoms with E-state index in [1.54, 1.807) is 0 Å². The zero-order valence-corrected chi connectivity index (χ0v) is 14.9. The Morgan fingerprint density at radius 2 is 1.86 bits per heavy atom. The second kappa shape index (κ2) is 7.39. The van der Waals surface area contributed by atoms with E-state index in [1.165, 1.54) is 0 Å². The average molecular weight is 389 g/mol. The number of hydrogen-bond acceptors (Lipinski definition) is 2. The molecule has 112 valence electrons. The van der Waals surface area contributed by atoms with Crippen LogP contribution in [0.4, 0.5) is 5.69 Å². The molecule has 0 aliphatic heterocycles. The molecule has 0 spiro atoms. The fourth-order valence-electron chi connectivity index (χ4n) is 1.81. The van der Waals surface area contributed by atoms with E-state index in [0.717, 1.165) is 15.7 Å². The van der Waals surface area contributed by atoms with E-state index < -0.39 is 0 Å². The first-order valence-corrected chi connectivity index (χ1v) is 8.14. The fraction of sp³-hybridized carbons (Fsp3) is 0.250. The van der Waals surface area contributed by atoms with Crippen molar-refractivity contribution in [2.75, 3.05) is 5.32 Å². The van der Waals surface area contributed by atoms with Gasteiger partial charge < -0.3 is 10.1 Å². The fourth-order valence-corrected chi connectivity index (χ4v) is 2.49. The number of ether oxygens (including phenoxy) is 1. The molecule has 0 saturated carbocycles. The molecule has 0 atom stereocenters. The van der Waals surface area contributed by atoms with Gasteiger partial charge in [0.15, 0.2) is 0 Å². The Morgan fingerprint density at radius 1 is 1.10 bits per heavy atom. The first-order chi connectivity index (χ1) is 9.95. The normalized spacial score (nSPS) is 10.8. The Labute approximate surface area is 143 Å². The summed E-state index contributed by atoms with van der Waals surface area (Å²) in [4.78, 5) is 0. The summed E-state index contributed by atoms with van der Waals surface area (Å²) in [5.41, 5.74) is 2.04. The minimum Gasteiger partial charge on any atom is -0.489 e. The van der Waals surface area contributed by atoms with Gasteiger partial charge in [-0.3, -0.25) is 0 Å². The summed E-state index contributed by atoms with van der Waals surface area (Å²) in [6.45, 7) is 4.62. The SMILES string of the molecule is CC(C)Oc1ccc(NCc2ccc(Br)c(Cl)c2)cc1Cl. The van der Waals surface area contributed by atoms with Gasteiger partial charge in [0.05, 0.1) is 16.1 Å². The highest BCUT2D eigenvalue weighted by molar-refractivity contribution is 9.10. The third-order valence-corrected chi connectivity index (χ3v) is 4.30. The largest absolute Gasteiger partial charge is 0.489 e. The predicted octanol–water partition coefficient (Wildman–Crippen LogP) is 6.16. The Morgan fingerprint density at radius 3 is 2.48 bits per heavy atom. The molecule has 2 rings (SSSR count). The van der Waals surface area contributed by atoms with Crippen LogP contribution in [0.25, 0.3) is 0 Å². The minimum atomic E-state index is 0.103. The van der Waals surface area contributed by atoms with E-state index >= 15 is 0 Å². The van der Waals surface area contributed by atoms with Gasteiger partial charge in [-0.25, -0.2) is 0 Å². The number of nitrogens with one attached hydrogen (secondary N) is 1. The van der Waals surface area contributed by atoms with E-state index in [4.69, 9.17) is 27.9 Å². The van der Waals surface area contributed by atoms with Gasteiger partial charge in [-0.05, 0) is 65.7 Å². The maximum atomic E-state index is 6.21. The molecule has 2 aromatic rings. The second-order valence-corrected chi connectivity index (χ2v) is 6.58. The second-order valence-electron chi connectivity index (χ2n) is 4.91. The molecule has 0 aliphatic rings. The van der Waals surface area contributed by atoms with Crippen molar-refractivity contribution in [3.8, 4) is 5.75 Å². The Balaban J connectivity index is 2.03. The van der Waals surface area contributed by atoms with Crippen molar-refractivity contribution in [2.24, 2.45) is 0 Å². The molecule has 0 fully saturated rings. The zero-order chi connectivity index (χ0) is 15.4. The van der Waals surface area contributed by atoms with Gasteiger partial charge in [-0.1, -0.05) is 29.3 Å². The molecule has 0 amide bonds. The molecule has 0 aliphatic carbocycles. The van der Waals surface area contributed by atoms with Crippen molar-refractivity contribution in [2.45, 2.75) is 26.5 Å². The predicted molar refractivity (Wildman–Crippen MR) is 93.7 cm³/mol. The van der Waals surface area contributed by atoms with Gasteiger partial charge in [0.25, 0.3) is 0 Å². The number of halogens is 3. The van der Waals surface area contributed by atoms with Crippen LogP contribution in [0.2, 0.25) is 10.0 Å². The standard InChI is InChI=1S/C16H16BrCl2NO/c1-10(2)21-16-6-4-12(8-15(16)19)20-9-11-3-5-13(17)14(18)7-11/h3-8,10,20H,9H2,1-2H3. The molecule has 0 saturated heterocycles. The lowest BCUT2D eigenvalue weighted by Gasteiger charge is -2.13. The highest BCUT2D eigenvalue weighted by atomic mass is 79.9. The maximum Gasteiger partial charge on any atom is 0.138 e. The third kappa shape index (κ3) is 4.80. The first-order valence-electron chi connectivity index (χ1n) is 6.59. The van der Waals surface area contributed by atoms with E-state index in [-0.39, 0.29) is 6.10 Å². The molecule has 0 heterocycles. The highest BCUT2D eigenvalue weighted by Crippen LogP contribution is 2.29. The molecule has 2 aromatic carbocycles. The van der Waals surface area contributed by atoms with Crippen LogP contribution in [-0.2, 0) is 6.54 Å². The average Bonchev–Trinajstić information content (AvgIpc) is 2.42. The molecule has 2 nitrogen and oxygen atoms in total.